The van der Waals surface area contributed by atoms with Gasteiger partial charge in [-0.3, -0.25) is 9.59 Å². The highest BCUT2D eigenvalue weighted by Crippen LogP contribution is 2.29. The van der Waals surface area contributed by atoms with Gasteiger partial charge in [-0.05, 0) is 51.7 Å². The first-order valence-electron chi connectivity index (χ1n) is 8.69. The van der Waals surface area contributed by atoms with E-state index >= 15 is 0 Å². The van der Waals surface area contributed by atoms with E-state index in [4.69, 9.17) is 4.74 Å². The fourth-order valence-electron chi connectivity index (χ4n) is 3.00. The van der Waals surface area contributed by atoms with Gasteiger partial charge >= 0.3 is 0 Å². The van der Waals surface area contributed by atoms with Crippen LogP contribution < -0.4 is 10.1 Å². The third kappa shape index (κ3) is 4.08. The molecule has 2 amide bonds. The van der Waals surface area contributed by atoms with Gasteiger partial charge in [0.1, 0.15) is 11.2 Å². The molecule has 0 aromatic heterocycles. The van der Waals surface area contributed by atoms with Crippen molar-refractivity contribution in [3.63, 3.8) is 0 Å². The highest BCUT2D eigenvalue weighted by Gasteiger charge is 2.40. The number of ether oxygens (including phenoxy) is 1. The summed E-state index contributed by atoms with van der Waals surface area (Å²) in [7, 11) is 0. The number of benzene rings is 1. The molecule has 1 atom stereocenters. The lowest BCUT2D eigenvalue weighted by Crippen LogP contribution is -2.50. The van der Waals surface area contributed by atoms with Crippen molar-refractivity contribution in [2.45, 2.75) is 40.5 Å². The molecule has 1 aromatic carbocycles. The molecule has 1 aliphatic rings. The number of para-hydroxylation sites is 2. The van der Waals surface area contributed by atoms with Crippen LogP contribution in [0.1, 0.15) is 40.5 Å². The zero-order valence-corrected chi connectivity index (χ0v) is 15.1. The molecule has 0 aliphatic carbocycles. The number of piperidine rings is 1. The van der Waals surface area contributed by atoms with Crippen LogP contribution in [0.3, 0.4) is 0 Å². The first-order chi connectivity index (χ1) is 11.4. The van der Waals surface area contributed by atoms with Crippen LogP contribution in [0.15, 0.2) is 24.3 Å². The van der Waals surface area contributed by atoms with Gasteiger partial charge in [-0.15, -0.1) is 0 Å². The number of anilines is 1. The monoisotopic (exact) mass is 332 g/mol. The van der Waals surface area contributed by atoms with E-state index in [1.165, 1.54) is 0 Å². The molecule has 0 spiro atoms. The Bertz CT molecular complexity index is 598. The number of likely N-dealkylation sites (tertiary alicyclic amines) is 1. The van der Waals surface area contributed by atoms with Crippen molar-refractivity contribution in [3.8, 4) is 5.75 Å². The van der Waals surface area contributed by atoms with Crippen molar-refractivity contribution in [2.75, 3.05) is 25.0 Å². The quantitative estimate of drug-likeness (QED) is 0.842. The lowest BCUT2D eigenvalue weighted by molar-refractivity contribution is -0.147. The van der Waals surface area contributed by atoms with Gasteiger partial charge in [-0.1, -0.05) is 19.1 Å². The van der Waals surface area contributed by atoms with E-state index in [1.54, 1.807) is 26.0 Å². The minimum absolute atomic E-state index is 0.111. The Labute approximate surface area is 144 Å². The standard InChI is InChI=1S/C19H28N2O3/c1-5-24-16-11-7-6-10-15(16)20-17(22)19(3,4)18(23)21-12-8-9-14(2)13-21/h6-7,10-11,14H,5,8-9,12-13H2,1-4H3,(H,20,22). The number of hydrogen-bond acceptors (Lipinski definition) is 3. The molecule has 1 aromatic rings. The maximum absolute atomic E-state index is 12.8. The van der Waals surface area contributed by atoms with Gasteiger partial charge in [0.15, 0.2) is 0 Å². The Balaban J connectivity index is 2.11. The highest BCUT2D eigenvalue weighted by molar-refractivity contribution is 6.10. The molecule has 0 bridgehead atoms. The van der Waals surface area contributed by atoms with Crippen LogP contribution in [0, 0.1) is 11.3 Å². The number of nitrogens with zero attached hydrogens (tertiary/aromatic N) is 1. The van der Waals surface area contributed by atoms with Gasteiger partial charge in [0.05, 0.1) is 12.3 Å². The van der Waals surface area contributed by atoms with Crippen LogP contribution in [0.25, 0.3) is 0 Å². The molecule has 1 saturated heterocycles. The molecular formula is C19H28N2O3. The van der Waals surface area contributed by atoms with E-state index in [1.807, 2.05) is 24.0 Å². The van der Waals surface area contributed by atoms with Gasteiger partial charge < -0.3 is 15.0 Å². The summed E-state index contributed by atoms with van der Waals surface area (Å²) >= 11 is 0. The second-order valence-corrected chi connectivity index (χ2v) is 7.01. The Morgan fingerprint density at radius 3 is 2.71 bits per heavy atom. The summed E-state index contributed by atoms with van der Waals surface area (Å²) in [5.41, 5.74) is -0.520. The summed E-state index contributed by atoms with van der Waals surface area (Å²) in [5, 5.41) is 2.86. The second kappa shape index (κ2) is 7.69. The molecule has 1 unspecified atom stereocenters. The van der Waals surface area contributed by atoms with Crippen LogP contribution in [0.4, 0.5) is 5.69 Å². The van der Waals surface area contributed by atoms with Crippen LogP contribution in [0.5, 0.6) is 5.75 Å². The SMILES string of the molecule is CCOc1ccccc1NC(=O)C(C)(C)C(=O)N1CCCC(C)C1. The van der Waals surface area contributed by atoms with Gasteiger partial charge in [0, 0.05) is 13.1 Å². The first-order valence-corrected chi connectivity index (χ1v) is 8.69. The number of amides is 2. The van der Waals surface area contributed by atoms with Crippen molar-refractivity contribution < 1.29 is 14.3 Å². The number of hydrogen-bond donors (Lipinski definition) is 1. The smallest absolute Gasteiger partial charge is 0.239 e. The molecule has 1 aliphatic heterocycles. The Morgan fingerprint density at radius 1 is 1.33 bits per heavy atom. The molecule has 1 fully saturated rings. The van der Waals surface area contributed by atoms with Gasteiger partial charge in [-0.25, -0.2) is 0 Å². The molecule has 0 saturated carbocycles. The number of nitrogens with one attached hydrogen (secondary N) is 1. The second-order valence-electron chi connectivity index (χ2n) is 7.01. The highest BCUT2D eigenvalue weighted by atomic mass is 16.5. The normalized spacial score (nSPS) is 18.2. The maximum Gasteiger partial charge on any atom is 0.239 e. The summed E-state index contributed by atoms with van der Waals surface area (Å²) in [4.78, 5) is 27.4. The van der Waals surface area contributed by atoms with Gasteiger partial charge in [0.25, 0.3) is 0 Å². The van der Waals surface area contributed by atoms with Crippen molar-refractivity contribution in [1.29, 1.82) is 0 Å². The number of carbonyl (C=O) groups excluding carboxylic acids is 2. The molecular weight excluding hydrogens is 304 g/mol. The fourth-order valence-corrected chi connectivity index (χ4v) is 3.00. The maximum atomic E-state index is 12.8. The van der Waals surface area contributed by atoms with Crippen molar-refractivity contribution >= 4 is 17.5 Å². The van der Waals surface area contributed by atoms with Gasteiger partial charge in [0.2, 0.25) is 11.8 Å². The molecule has 0 radical (unpaired) electrons. The molecule has 1 N–H and O–H groups in total. The zero-order chi connectivity index (χ0) is 17.7. The topological polar surface area (TPSA) is 58.6 Å². The van der Waals surface area contributed by atoms with Crippen molar-refractivity contribution in [1.82, 2.24) is 4.90 Å². The molecule has 2 rings (SSSR count). The van der Waals surface area contributed by atoms with Crippen LogP contribution in [0.2, 0.25) is 0 Å². The minimum Gasteiger partial charge on any atom is -0.492 e. The average molecular weight is 332 g/mol. The predicted molar refractivity (Wildman–Crippen MR) is 95.0 cm³/mol. The first kappa shape index (κ1) is 18.3. The molecule has 24 heavy (non-hydrogen) atoms. The van der Waals surface area contributed by atoms with E-state index in [-0.39, 0.29) is 11.8 Å². The number of carbonyl (C=O) groups is 2. The fraction of sp³-hybridized carbons (Fsp3) is 0.579. The van der Waals surface area contributed by atoms with Crippen LogP contribution >= 0.6 is 0 Å². The Morgan fingerprint density at radius 2 is 2.04 bits per heavy atom. The van der Waals surface area contributed by atoms with Crippen molar-refractivity contribution in [3.05, 3.63) is 24.3 Å². The summed E-state index contributed by atoms with van der Waals surface area (Å²) < 4.78 is 5.53. The largest absolute Gasteiger partial charge is 0.492 e. The van der Waals surface area contributed by atoms with E-state index in [0.717, 1.165) is 25.9 Å². The van der Waals surface area contributed by atoms with E-state index in [2.05, 4.69) is 12.2 Å². The molecule has 132 valence electrons. The molecule has 5 nitrogen and oxygen atoms in total. The van der Waals surface area contributed by atoms with Crippen LogP contribution in [-0.2, 0) is 9.59 Å². The van der Waals surface area contributed by atoms with E-state index in [0.29, 0.717) is 24.0 Å². The average Bonchev–Trinajstić information content (AvgIpc) is 2.56. The van der Waals surface area contributed by atoms with E-state index in [9.17, 15) is 9.59 Å². The zero-order valence-electron chi connectivity index (χ0n) is 15.1. The Kier molecular flexibility index (Phi) is 5.86. The predicted octanol–water partition coefficient (Wildman–Crippen LogP) is 3.31. The summed E-state index contributed by atoms with van der Waals surface area (Å²) in [6.07, 6.45) is 2.13. The van der Waals surface area contributed by atoms with Crippen molar-refractivity contribution in [2.24, 2.45) is 11.3 Å². The third-order valence-corrected chi connectivity index (χ3v) is 4.48. The summed E-state index contributed by atoms with van der Waals surface area (Å²) in [6.45, 7) is 9.39. The third-order valence-electron chi connectivity index (χ3n) is 4.48. The van der Waals surface area contributed by atoms with Crippen LogP contribution in [-0.4, -0.2) is 36.4 Å². The van der Waals surface area contributed by atoms with E-state index < -0.39 is 5.41 Å². The molecule has 5 heteroatoms. The summed E-state index contributed by atoms with van der Waals surface area (Å²) in [6, 6.07) is 7.28. The summed E-state index contributed by atoms with van der Waals surface area (Å²) in [5.74, 6) is 0.682. The lowest BCUT2D eigenvalue weighted by Gasteiger charge is -2.36. The van der Waals surface area contributed by atoms with Gasteiger partial charge in [-0.2, -0.15) is 0 Å². The number of rotatable bonds is 5. The Hall–Kier alpha value is -2.04. The minimum atomic E-state index is -1.11. The molecule has 1 heterocycles. The lowest BCUT2D eigenvalue weighted by atomic mass is 9.88.